The number of hydrogen-bond acceptors (Lipinski definition) is 3. The van der Waals surface area contributed by atoms with E-state index in [4.69, 9.17) is 4.74 Å². The number of rotatable bonds is 8. The van der Waals surface area contributed by atoms with Crippen LogP contribution in [0.5, 0.6) is 0 Å². The van der Waals surface area contributed by atoms with Crippen LogP contribution in [0.1, 0.15) is 98.8 Å². The molecule has 1 N–H and O–H groups in total. The number of aliphatic carboxylic acids is 1. The zero-order valence-electron chi connectivity index (χ0n) is 18.8. The summed E-state index contributed by atoms with van der Waals surface area (Å²) in [6.45, 7) is 11.7. The number of ether oxygens (including phenoxy) is 1. The molecule has 0 saturated heterocycles. The Hall–Kier alpha value is -1.06. The van der Waals surface area contributed by atoms with Gasteiger partial charge in [0.2, 0.25) is 0 Å². The maximum absolute atomic E-state index is 12.8. The maximum atomic E-state index is 12.8. The highest BCUT2D eigenvalue weighted by molar-refractivity contribution is 5.81. The zero-order chi connectivity index (χ0) is 20.9. The van der Waals surface area contributed by atoms with E-state index in [1.807, 2.05) is 6.92 Å². The van der Waals surface area contributed by atoms with E-state index in [-0.39, 0.29) is 17.3 Å². The third-order valence-corrected chi connectivity index (χ3v) is 7.62. The van der Waals surface area contributed by atoms with Gasteiger partial charge >= 0.3 is 11.9 Å². The number of carbonyl (C=O) groups is 2. The summed E-state index contributed by atoms with van der Waals surface area (Å²) in [6.07, 6.45) is 10.8. The van der Waals surface area contributed by atoms with Gasteiger partial charge in [-0.25, -0.2) is 0 Å². The molecule has 0 radical (unpaired) electrons. The van der Waals surface area contributed by atoms with E-state index >= 15 is 0 Å². The molecule has 5 atom stereocenters. The molecule has 28 heavy (non-hydrogen) atoms. The standard InChI is InChI=1S/C24H42O4/c1-6-7-8-13-24(5)16-23(3,4)14-12-18(24)15-28-22(27)19-11-9-10-17(2)20(19)21(25)26/h17-20H,6-16H2,1-5H3,(H,25,26). The predicted octanol–water partition coefficient (Wildman–Crippen LogP) is 6.08. The van der Waals surface area contributed by atoms with Crippen LogP contribution in [0.3, 0.4) is 0 Å². The summed E-state index contributed by atoms with van der Waals surface area (Å²) in [5.41, 5.74) is 0.540. The first-order valence-corrected chi connectivity index (χ1v) is 11.5. The average molecular weight is 395 g/mol. The van der Waals surface area contributed by atoms with Gasteiger partial charge in [-0.05, 0) is 61.2 Å². The van der Waals surface area contributed by atoms with Gasteiger partial charge in [0.05, 0.1) is 18.4 Å². The van der Waals surface area contributed by atoms with Crippen molar-refractivity contribution in [2.45, 2.75) is 98.8 Å². The number of hydrogen-bond donors (Lipinski definition) is 1. The molecule has 4 nitrogen and oxygen atoms in total. The minimum atomic E-state index is -0.849. The second-order valence-corrected chi connectivity index (χ2v) is 10.7. The van der Waals surface area contributed by atoms with Crippen LogP contribution in [0.4, 0.5) is 0 Å². The van der Waals surface area contributed by atoms with Crippen LogP contribution in [0.2, 0.25) is 0 Å². The Bertz CT molecular complexity index is 541. The van der Waals surface area contributed by atoms with Gasteiger partial charge in [-0.15, -0.1) is 0 Å². The highest BCUT2D eigenvalue weighted by atomic mass is 16.5. The quantitative estimate of drug-likeness (QED) is 0.400. The highest BCUT2D eigenvalue weighted by Crippen LogP contribution is 2.52. The number of carboxylic acids is 1. The number of carboxylic acid groups (broad SMARTS) is 1. The van der Waals surface area contributed by atoms with E-state index < -0.39 is 17.8 Å². The molecular weight excluding hydrogens is 352 g/mol. The molecule has 0 aromatic carbocycles. The SMILES string of the molecule is CCCCCC1(C)CC(C)(C)CCC1COC(=O)C1CCCC(C)C1C(=O)O. The second kappa shape index (κ2) is 9.63. The molecule has 0 aromatic heterocycles. The number of carbonyl (C=O) groups excluding carboxylic acids is 1. The summed E-state index contributed by atoms with van der Waals surface area (Å²) in [5.74, 6) is -1.78. The van der Waals surface area contributed by atoms with Crippen molar-refractivity contribution < 1.29 is 19.4 Å². The predicted molar refractivity (Wildman–Crippen MR) is 112 cm³/mol. The topological polar surface area (TPSA) is 63.6 Å². The number of esters is 1. The monoisotopic (exact) mass is 394 g/mol. The van der Waals surface area contributed by atoms with Gasteiger partial charge in [0.15, 0.2) is 0 Å². The fraction of sp³-hybridized carbons (Fsp3) is 0.917. The van der Waals surface area contributed by atoms with Crippen LogP contribution in [0.25, 0.3) is 0 Å². The van der Waals surface area contributed by atoms with Crippen molar-refractivity contribution in [3.05, 3.63) is 0 Å². The largest absolute Gasteiger partial charge is 0.481 e. The summed E-state index contributed by atoms with van der Waals surface area (Å²) in [7, 11) is 0. The van der Waals surface area contributed by atoms with Crippen molar-refractivity contribution in [2.24, 2.45) is 34.5 Å². The van der Waals surface area contributed by atoms with Gasteiger partial charge in [-0.1, -0.05) is 60.3 Å². The summed E-state index contributed by atoms with van der Waals surface area (Å²) in [5, 5.41) is 9.60. The third kappa shape index (κ3) is 5.73. The van der Waals surface area contributed by atoms with Crippen molar-refractivity contribution in [3.63, 3.8) is 0 Å². The third-order valence-electron chi connectivity index (χ3n) is 7.62. The van der Waals surface area contributed by atoms with Gasteiger partial charge in [0.1, 0.15) is 0 Å². The Labute approximate surface area is 171 Å². The second-order valence-electron chi connectivity index (χ2n) is 10.7. The molecule has 0 spiro atoms. The van der Waals surface area contributed by atoms with E-state index in [0.717, 1.165) is 25.7 Å². The highest BCUT2D eigenvalue weighted by Gasteiger charge is 2.45. The van der Waals surface area contributed by atoms with E-state index in [1.54, 1.807) is 0 Å². The van der Waals surface area contributed by atoms with Crippen LogP contribution in [-0.4, -0.2) is 23.7 Å². The molecule has 2 fully saturated rings. The average Bonchev–Trinajstić information content (AvgIpc) is 2.59. The molecule has 162 valence electrons. The van der Waals surface area contributed by atoms with Gasteiger partial charge in [0, 0.05) is 0 Å². The molecule has 0 amide bonds. The lowest BCUT2D eigenvalue weighted by atomic mass is 9.57. The number of unbranched alkanes of at least 4 members (excludes halogenated alkanes) is 2. The molecule has 0 heterocycles. The van der Waals surface area contributed by atoms with Gasteiger partial charge in [-0.3, -0.25) is 9.59 Å². The maximum Gasteiger partial charge on any atom is 0.309 e. The Morgan fingerprint density at radius 1 is 1.11 bits per heavy atom. The van der Waals surface area contributed by atoms with Crippen molar-refractivity contribution in [1.29, 1.82) is 0 Å². The fourth-order valence-electron chi connectivity index (χ4n) is 5.98. The Morgan fingerprint density at radius 3 is 2.46 bits per heavy atom. The molecule has 0 bridgehead atoms. The van der Waals surface area contributed by atoms with Gasteiger partial charge < -0.3 is 9.84 Å². The van der Waals surface area contributed by atoms with Gasteiger partial charge in [-0.2, -0.15) is 0 Å². The van der Waals surface area contributed by atoms with Crippen molar-refractivity contribution in [3.8, 4) is 0 Å². The van der Waals surface area contributed by atoms with Crippen molar-refractivity contribution in [1.82, 2.24) is 0 Å². The van der Waals surface area contributed by atoms with Crippen molar-refractivity contribution in [2.75, 3.05) is 6.61 Å². The Kier molecular flexibility index (Phi) is 7.98. The van der Waals surface area contributed by atoms with Crippen LogP contribution >= 0.6 is 0 Å². The summed E-state index contributed by atoms with van der Waals surface area (Å²) in [6, 6.07) is 0. The van der Waals surface area contributed by atoms with Gasteiger partial charge in [0.25, 0.3) is 0 Å². The smallest absolute Gasteiger partial charge is 0.309 e. The summed E-state index contributed by atoms with van der Waals surface area (Å²) < 4.78 is 5.82. The molecular formula is C24H42O4. The molecule has 2 aliphatic rings. The first kappa shape index (κ1) is 23.2. The molecule has 2 aliphatic carbocycles. The minimum absolute atomic E-state index is 0.0404. The summed E-state index contributed by atoms with van der Waals surface area (Å²) >= 11 is 0. The summed E-state index contributed by atoms with van der Waals surface area (Å²) in [4.78, 5) is 24.5. The van der Waals surface area contributed by atoms with E-state index in [2.05, 4.69) is 27.7 Å². The normalized spacial score (nSPS) is 35.3. The van der Waals surface area contributed by atoms with Crippen LogP contribution in [-0.2, 0) is 14.3 Å². The first-order chi connectivity index (χ1) is 13.1. The molecule has 0 aromatic rings. The fourth-order valence-corrected chi connectivity index (χ4v) is 5.98. The van der Waals surface area contributed by atoms with E-state index in [9.17, 15) is 14.7 Å². The zero-order valence-corrected chi connectivity index (χ0v) is 18.8. The van der Waals surface area contributed by atoms with E-state index in [0.29, 0.717) is 24.4 Å². The molecule has 2 saturated carbocycles. The molecule has 4 heteroatoms. The minimum Gasteiger partial charge on any atom is -0.481 e. The molecule has 2 rings (SSSR count). The Morgan fingerprint density at radius 2 is 1.82 bits per heavy atom. The lowest BCUT2D eigenvalue weighted by Crippen LogP contribution is -2.42. The molecule has 0 aliphatic heterocycles. The lowest BCUT2D eigenvalue weighted by Gasteiger charge is -2.48. The van der Waals surface area contributed by atoms with Crippen molar-refractivity contribution >= 4 is 11.9 Å². The first-order valence-electron chi connectivity index (χ1n) is 11.5. The molecule has 5 unspecified atom stereocenters. The van der Waals surface area contributed by atoms with Crippen LogP contribution < -0.4 is 0 Å². The van der Waals surface area contributed by atoms with Crippen LogP contribution in [0, 0.1) is 34.5 Å². The van der Waals surface area contributed by atoms with E-state index in [1.165, 1.54) is 32.1 Å². The van der Waals surface area contributed by atoms with Crippen LogP contribution in [0.15, 0.2) is 0 Å². The Balaban J connectivity index is 2.01. The lowest BCUT2D eigenvalue weighted by molar-refractivity contribution is -0.164.